The van der Waals surface area contributed by atoms with Crippen LogP contribution in [0.3, 0.4) is 0 Å². The van der Waals surface area contributed by atoms with Gasteiger partial charge in [0.1, 0.15) is 5.60 Å². The molecule has 0 heterocycles. The largest absolute Gasteiger partial charge is 0.460 e. The minimum Gasteiger partial charge on any atom is -0.460 e. The van der Waals surface area contributed by atoms with Crippen LogP contribution >= 0.6 is 7.75 Å². The predicted molar refractivity (Wildman–Crippen MR) is 93.8 cm³/mol. The van der Waals surface area contributed by atoms with Crippen LogP contribution in [0.4, 0.5) is 0 Å². The van der Waals surface area contributed by atoms with Crippen LogP contribution in [0, 0.1) is 0 Å². The lowest BCUT2D eigenvalue weighted by atomic mass is 10.2. The van der Waals surface area contributed by atoms with Crippen LogP contribution in [0.5, 0.6) is 0 Å². The lowest BCUT2D eigenvalue weighted by Gasteiger charge is -2.19. The van der Waals surface area contributed by atoms with Gasteiger partial charge in [0.05, 0.1) is 59.3 Å². The third-order valence-corrected chi connectivity index (χ3v) is 3.19. The number of nitrogens with one attached hydrogen (secondary N) is 1. The molecule has 0 atom stereocenters. The lowest BCUT2D eigenvalue weighted by Crippen LogP contribution is -2.24. The van der Waals surface area contributed by atoms with Gasteiger partial charge >= 0.3 is 13.7 Å². The average molecular weight is 401 g/mol. The van der Waals surface area contributed by atoms with Crippen molar-refractivity contribution >= 4 is 13.7 Å². The molecule has 26 heavy (non-hydrogen) atoms. The second-order valence-corrected chi connectivity index (χ2v) is 7.64. The number of rotatable bonds is 16. The Bertz CT molecular complexity index is 408. The third-order valence-electron chi connectivity index (χ3n) is 2.55. The zero-order valence-electron chi connectivity index (χ0n) is 15.8. The van der Waals surface area contributed by atoms with Crippen LogP contribution in [0.25, 0.3) is 0 Å². The highest BCUT2D eigenvalue weighted by Crippen LogP contribution is 2.26. The van der Waals surface area contributed by atoms with E-state index in [1.54, 1.807) is 0 Å². The van der Waals surface area contributed by atoms with Crippen molar-refractivity contribution < 1.29 is 42.8 Å². The van der Waals surface area contributed by atoms with Gasteiger partial charge < -0.3 is 33.5 Å². The summed E-state index contributed by atoms with van der Waals surface area (Å²) in [4.78, 5) is 28.5. The molecule has 0 unspecified atom stereocenters. The summed E-state index contributed by atoms with van der Waals surface area (Å²) in [6.45, 7) is 8.31. The normalized spacial score (nSPS) is 12.3. The van der Waals surface area contributed by atoms with Crippen molar-refractivity contribution in [3.05, 3.63) is 0 Å². The topological polar surface area (TPSA) is 133 Å². The van der Waals surface area contributed by atoms with Crippen molar-refractivity contribution in [2.75, 3.05) is 59.4 Å². The first kappa shape index (κ1) is 25.4. The molecule has 0 spiro atoms. The molecule has 0 rings (SSSR count). The van der Waals surface area contributed by atoms with Gasteiger partial charge in [-0.25, -0.2) is 9.65 Å². The zero-order valence-corrected chi connectivity index (χ0v) is 16.7. The highest BCUT2D eigenvalue weighted by molar-refractivity contribution is 7.49. The molecular weight excluding hydrogens is 369 g/mol. The molecule has 3 N–H and O–H groups in total. The van der Waals surface area contributed by atoms with E-state index in [1.807, 2.05) is 25.9 Å². The van der Waals surface area contributed by atoms with Gasteiger partial charge in [0, 0.05) is 6.54 Å². The molecular formula is C15H32NO9P. The molecule has 0 aromatic carbocycles. The summed E-state index contributed by atoms with van der Waals surface area (Å²) < 4.78 is 36.6. The molecule has 156 valence electrons. The standard InChI is InChI=1S/C15H32NO9P/c1-15(2,3)25-14(17)4-6-21-8-10-23-12-13-24-11-9-22-7-5-16-26(18,19)20/h4-13H2,1-3H3,(H3,16,18,19,20). The molecule has 0 fully saturated rings. The van der Waals surface area contributed by atoms with E-state index in [2.05, 4.69) is 0 Å². The van der Waals surface area contributed by atoms with E-state index in [0.717, 1.165) is 0 Å². The number of hydrogen-bond donors (Lipinski definition) is 3. The third kappa shape index (κ3) is 21.5. The summed E-state index contributed by atoms with van der Waals surface area (Å²) in [7, 11) is -4.17. The zero-order chi connectivity index (χ0) is 19.9. The summed E-state index contributed by atoms with van der Waals surface area (Å²) in [5.74, 6) is -0.286. The fraction of sp³-hybridized carbons (Fsp3) is 0.933. The number of ether oxygens (including phenoxy) is 5. The van der Waals surface area contributed by atoms with Gasteiger partial charge in [0.2, 0.25) is 0 Å². The van der Waals surface area contributed by atoms with Gasteiger partial charge in [-0.1, -0.05) is 0 Å². The molecule has 0 aliphatic heterocycles. The second-order valence-electron chi connectivity index (χ2n) is 6.24. The average Bonchev–Trinajstić information content (AvgIpc) is 2.48. The summed E-state index contributed by atoms with van der Waals surface area (Å²) in [6.07, 6.45) is 0.212. The Hall–Kier alpha value is -0.580. The first-order valence-corrected chi connectivity index (χ1v) is 10.0. The summed E-state index contributed by atoms with van der Waals surface area (Å²) in [5.41, 5.74) is -0.481. The van der Waals surface area contributed by atoms with Gasteiger partial charge in [0.15, 0.2) is 0 Å². The van der Waals surface area contributed by atoms with E-state index in [1.165, 1.54) is 0 Å². The summed E-state index contributed by atoms with van der Waals surface area (Å²) in [6, 6.07) is 0. The maximum absolute atomic E-state index is 11.4. The predicted octanol–water partition coefficient (Wildman–Crippen LogP) is 0.467. The molecule has 0 aromatic heterocycles. The van der Waals surface area contributed by atoms with E-state index in [4.69, 9.17) is 33.5 Å². The van der Waals surface area contributed by atoms with Crippen molar-refractivity contribution in [3.63, 3.8) is 0 Å². The molecule has 0 saturated carbocycles. The summed E-state index contributed by atoms with van der Waals surface area (Å²) in [5, 5.41) is 2.02. The Labute approximate surface area is 154 Å². The smallest absolute Gasteiger partial charge is 0.400 e. The van der Waals surface area contributed by atoms with E-state index in [-0.39, 0.29) is 25.5 Å². The van der Waals surface area contributed by atoms with Gasteiger partial charge in [-0.2, -0.15) is 0 Å². The van der Waals surface area contributed by atoms with E-state index >= 15 is 0 Å². The van der Waals surface area contributed by atoms with Crippen LogP contribution < -0.4 is 5.09 Å². The van der Waals surface area contributed by atoms with Crippen LogP contribution in [0.15, 0.2) is 0 Å². The monoisotopic (exact) mass is 401 g/mol. The van der Waals surface area contributed by atoms with E-state index in [9.17, 15) is 9.36 Å². The van der Waals surface area contributed by atoms with E-state index < -0.39 is 13.3 Å². The van der Waals surface area contributed by atoms with Crippen LogP contribution in [0.2, 0.25) is 0 Å². The van der Waals surface area contributed by atoms with Gasteiger partial charge in [-0.05, 0) is 20.8 Å². The minimum absolute atomic E-state index is 0.0708. The number of hydrogen-bond acceptors (Lipinski definition) is 7. The molecule has 0 aliphatic rings. The molecule has 0 aromatic rings. The number of esters is 1. The van der Waals surface area contributed by atoms with Crippen molar-refractivity contribution in [1.82, 2.24) is 5.09 Å². The first-order chi connectivity index (χ1) is 12.1. The number of carbonyl (C=O) groups is 1. The Morgan fingerprint density at radius 2 is 1.27 bits per heavy atom. The fourth-order valence-corrected chi connectivity index (χ4v) is 1.96. The Kier molecular flexibility index (Phi) is 14.2. The summed E-state index contributed by atoms with van der Waals surface area (Å²) >= 11 is 0. The highest BCUT2D eigenvalue weighted by Gasteiger charge is 2.15. The molecule has 0 bridgehead atoms. The Balaban J connectivity index is 3.20. The minimum atomic E-state index is -4.17. The van der Waals surface area contributed by atoms with Crippen LogP contribution in [-0.2, 0) is 33.0 Å². The van der Waals surface area contributed by atoms with Gasteiger partial charge in [0.25, 0.3) is 0 Å². The lowest BCUT2D eigenvalue weighted by molar-refractivity contribution is -0.156. The second kappa shape index (κ2) is 14.5. The highest BCUT2D eigenvalue weighted by atomic mass is 31.2. The van der Waals surface area contributed by atoms with Crippen molar-refractivity contribution in [1.29, 1.82) is 0 Å². The van der Waals surface area contributed by atoms with Crippen LogP contribution in [-0.4, -0.2) is 80.8 Å². The quantitative estimate of drug-likeness (QED) is 0.190. The SMILES string of the molecule is CC(C)(C)OC(=O)CCOCCOCCOCCOCCNP(=O)(O)O. The van der Waals surface area contributed by atoms with E-state index in [0.29, 0.717) is 46.2 Å². The first-order valence-electron chi connectivity index (χ1n) is 8.44. The van der Waals surface area contributed by atoms with Crippen LogP contribution in [0.1, 0.15) is 27.2 Å². The molecule has 0 aliphatic carbocycles. The molecule has 11 heteroatoms. The maximum atomic E-state index is 11.4. The van der Waals surface area contributed by atoms with Crippen molar-refractivity contribution in [2.45, 2.75) is 32.8 Å². The van der Waals surface area contributed by atoms with Crippen molar-refractivity contribution in [3.8, 4) is 0 Å². The Morgan fingerprint density at radius 1 is 0.846 bits per heavy atom. The number of carbonyl (C=O) groups excluding carboxylic acids is 1. The fourth-order valence-electron chi connectivity index (χ4n) is 1.57. The molecule has 0 saturated heterocycles. The van der Waals surface area contributed by atoms with Gasteiger partial charge in [-0.3, -0.25) is 4.79 Å². The molecule has 0 radical (unpaired) electrons. The molecule has 0 amide bonds. The maximum Gasteiger partial charge on any atom is 0.400 e. The van der Waals surface area contributed by atoms with Gasteiger partial charge in [-0.15, -0.1) is 0 Å². The van der Waals surface area contributed by atoms with Crippen molar-refractivity contribution in [2.24, 2.45) is 0 Å². The Morgan fingerprint density at radius 3 is 1.69 bits per heavy atom. The molecule has 10 nitrogen and oxygen atoms in total.